The zero-order chi connectivity index (χ0) is 37.7. The van der Waals surface area contributed by atoms with E-state index in [-0.39, 0.29) is 56.2 Å². The lowest BCUT2D eigenvalue weighted by molar-refractivity contribution is -0.0907. The highest BCUT2D eigenvalue weighted by Crippen LogP contribution is 2.35. The van der Waals surface area contributed by atoms with Gasteiger partial charge in [0.25, 0.3) is 0 Å². The van der Waals surface area contributed by atoms with Crippen molar-refractivity contribution in [2.75, 3.05) is 33.1 Å². The molecule has 15 heteroatoms. The Morgan fingerprint density at radius 1 is 1.02 bits per heavy atom. The van der Waals surface area contributed by atoms with Crippen molar-refractivity contribution in [2.24, 2.45) is 11.8 Å². The molecule has 3 aliphatic rings. The van der Waals surface area contributed by atoms with E-state index in [4.69, 9.17) is 28.4 Å². The summed E-state index contributed by atoms with van der Waals surface area (Å²) in [6.45, 7) is 5.30. The second-order valence-electron chi connectivity index (χ2n) is 14.1. The van der Waals surface area contributed by atoms with Crippen LogP contribution in [-0.2, 0) is 43.8 Å². The molecule has 0 unspecified atom stereocenters. The second-order valence-corrected chi connectivity index (χ2v) is 16.0. The maximum absolute atomic E-state index is 14.0. The number of sulfonamides is 1. The summed E-state index contributed by atoms with van der Waals surface area (Å²) < 4.78 is 65.1. The maximum Gasteiger partial charge on any atom is 0.407 e. The van der Waals surface area contributed by atoms with Crippen molar-refractivity contribution in [1.82, 2.24) is 19.2 Å². The lowest BCUT2D eigenvalue weighted by Gasteiger charge is -2.31. The third-order valence-electron chi connectivity index (χ3n) is 9.70. The van der Waals surface area contributed by atoms with Crippen LogP contribution in [0, 0.1) is 11.8 Å². The van der Waals surface area contributed by atoms with Crippen LogP contribution < -0.4 is 19.5 Å². The molecule has 7 rings (SSSR count). The van der Waals surface area contributed by atoms with Gasteiger partial charge in [-0.1, -0.05) is 56.3 Å². The minimum absolute atomic E-state index is 0.00531. The van der Waals surface area contributed by atoms with Crippen LogP contribution in [0.1, 0.15) is 37.2 Å². The lowest BCUT2D eigenvalue weighted by atomic mass is 10.0. The molecule has 2 saturated heterocycles. The normalized spacial score (nSPS) is 20.2. The number of aliphatic hydroxyl groups excluding tert-OH is 1. The molecule has 288 valence electrons. The fourth-order valence-electron chi connectivity index (χ4n) is 6.88. The number of aliphatic hydroxyl groups is 1. The highest BCUT2D eigenvalue weighted by Gasteiger charge is 2.44. The van der Waals surface area contributed by atoms with Gasteiger partial charge in [-0.15, -0.1) is 0 Å². The molecule has 1 amide bonds. The Kier molecular flexibility index (Phi) is 11.7. The van der Waals surface area contributed by atoms with E-state index >= 15 is 0 Å². The van der Waals surface area contributed by atoms with Gasteiger partial charge in [-0.2, -0.15) is 4.31 Å². The fourth-order valence-corrected chi connectivity index (χ4v) is 8.52. The van der Waals surface area contributed by atoms with Gasteiger partial charge < -0.3 is 43.4 Å². The number of hydrogen-bond donors (Lipinski definition) is 2. The van der Waals surface area contributed by atoms with Crippen LogP contribution in [-0.4, -0.2) is 91.1 Å². The molecule has 1 aromatic heterocycles. The largest absolute Gasteiger partial charge is 0.486 e. The van der Waals surface area contributed by atoms with Crippen LogP contribution in [0.25, 0.3) is 0 Å². The smallest absolute Gasteiger partial charge is 0.407 e. The van der Waals surface area contributed by atoms with Gasteiger partial charge in [-0.05, 0) is 54.2 Å². The Morgan fingerprint density at radius 2 is 1.81 bits per heavy atom. The summed E-state index contributed by atoms with van der Waals surface area (Å²) in [6, 6.07) is 20.9. The Labute approximate surface area is 315 Å². The first-order valence-corrected chi connectivity index (χ1v) is 19.6. The van der Waals surface area contributed by atoms with E-state index in [0.29, 0.717) is 36.8 Å². The number of benzene rings is 3. The van der Waals surface area contributed by atoms with Crippen LogP contribution in [0.4, 0.5) is 4.79 Å². The molecule has 0 bridgehead atoms. The predicted molar refractivity (Wildman–Crippen MR) is 195 cm³/mol. The number of fused-ring (bicyclic) bond motifs is 2. The molecule has 2 N–H and O–H groups in total. The number of imidazole rings is 1. The van der Waals surface area contributed by atoms with Crippen LogP contribution in [0.3, 0.4) is 0 Å². The van der Waals surface area contributed by atoms with Crippen molar-refractivity contribution >= 4 is 16.1 Å². The quantitative estimate of drug-likeness (QED) is 0.167. The number of aromatic nitrogens is 2. The third-order valence-corrected chi connectivity index (χ3v) is 11.5. The Morgan fingerprint density at radius 3 is 2.61 bits per heavy atom. The Hall–Kier alpha value is -4.67. The number of alkyl carbamates (subject to hydrolysis) is 1. The molecule has 0 saturated carbocycles. The van der Waals surface area contributed by atoms with Crippen molar-refractivity contribution in [3.63, 3.8) is 0 Å². The highest BCUT2D eigenvalue weighted by molar-refractivity contribution is 7.89. The average molecular weight is 763 g/mol. The molecule has 5 atom stereocenters. The van der Waals surface area contributed by atoms with E-state index in [0.717, 1.165) is 17.0 Å². The van der Waals surface area contributed by atoms with E-state index in [9.17, 15) is 18.3 Å². The summed E-state index contributed by atoms with van der Waals surface area (Å²) >= 11 is 0. The third kappa shape index (κ3) is 8.99. The van der Waals surface area contributed by atoms with Gasteiger partial charge in [0, 0.05) is 38.1 Å². The zero-order valence-electron chi connectivity index (χ0n) is 30.3. The first-order chi connectivity index (χ1) is 26.1. The van der Waals surface area contributed by atoms with Crippen LogP contribution >= 0.6 is 0 Å². The van der Waals surface area contributed by atoms with Gasteiger partial charge >= 0.3 is 6.09 Å². The fraction of sp³-hybridized carbons (Fsp3) is 0.436. The van der Waals surface area contributed by atoms with Gasteiger partial charge in [-0.25, -0.2) is 18.2 Å². The van der Waals surface area contributed by atoms with Crippen LogP contribution in [0.2, 0.25) is 0 Å². The van der Waals surface area contributed by atoms with Crippen LogP contribution in [0.5, 0.6) is 17.2 Å². The number of nitrogens with one attached hydrogen (secondary N) is 1. The van der Waals surface area contributed by atoms with Crippen molar-refractivity contribution in [1.29, 1.82) is 0 Å². The number of carbonyl (C=O) groups excluding carboxylic acids is 1. The molecule has 0 radical (unpaired) electrons. The van der Waals surface area contributed by atoms with Gasteiger partial charge in [0.05, 0.1) is 36.2 Å². The molecule has 14 nitrogen and oxygen atoms in total. The molecule has 0 aliphatic carbocycles. The molecule has 4 heterocycles. The monoisotopic (exact) mass is 762 g/mol. The van der Waals surface area contributed by atoms with Gasteiger partial charge in [0.15, 0.2) is 17.8 Å². The van der Waals surface area contributed by atoms with Crippen molar-refractivity contribution in [3.05, 3.63) is 102 Å². The summed E-state index contributed by atoms with van der Waals surface area (Å²) in [5.74, 6) is 2.05. The number of amides is 1. The van der Waals surface area contributed by atoms with E-state index in [2.05, 4.69) is 22.4 Å². The predicted octanol–water partition coefficient (Wildman–Crippen LogP) is 4.35. The SMILES string of the molecule is CC(C)CN(C[C@@H](O)[C@H](Cc1ccc(OCc2nccn2Cc2ccccc2)cc1)NC(=O)O[C@H]1CO[C@H]2OCC[C@H]21)S(=O)(=O)c1ccc2c(c1)OCO2. The molecular weight excluding hydrogens is 717 g/mol. The van der Waals surface area contributed by atoms with E-state index in [1.807, 2.05) is 67.1 Å². The number of carbonyl (C=O) groups is 1. The molecule has 0 spiro atoms. The molecule has 54 heavy (non-hydrogen) atoms. The van der Waals surface area contributed by atoms with Crippen molar-refractivity contribution < 1.29 is 46.7 Å². The number of ether oxygens (including phenoxy) is 6. The molecule has 2 fully saturated rings. The second kappa shape index (κ2) is 16.8. The van der Waals surface area contributed by atoms with Gasteiger partial charge in [0.2, 0.25) is 16.8 Å². The molecule has 4 aromatic rings. The van der Waals surface area contributed by atoms with Crippen molar-refractivity contribution in [2.45, 2.75) is 69.3 Å². The number of hydrogen-bond acceptors (Lipinski definition) is 11. The van der Waals surface area contributed by atoms with E-state index in [1.165, 1.54) is 16.4 Å². The molecule has 3 aliphatic heterocycles. The summed E-state index contributed by atoms with van der Waals surface area (Å²) in [6.07, 6.45) is 1.59. The first kappa shape index (κ1) is 37.6. The van der Waals surface area contributed by atoms with E-state index < -0.39 is 40.7 Å². The number of nitrogens with zero attached hydrogens (tertiary/aromatic N) is 3. The summed E-state index contributed by atoms with van der Waals surface area (Å²) in [4.78, 5) is 17.8. The average Bonchev–Trinajstić information content (AvgIpc) is 3.98. The Bertz CT molecular complexity index is 1970. The minimum Gasteiger partial charge on any atom is -0.486 e. The summed E-state index contributed by atoms with van der Waals surface area (Å²) in [5, 5.41) is 14.6. The molecular formula is C39H46N4O10S. The van der Waals surface area contributed by atoms with Gasteiger partial charge in [-0.3, -0.25) is 0 Å². The Balaban J connectivity index is 1.05. The summed E-state index contributed by atoms with van der Waals surface area (Å²) in [5.41, 5.74) is 1.93. The van der Waals surface area contributed by atoms with Gasteiger partial charge in [0.1, 0.15) is 24.3 Å². The standard InChI is InChI=1S/C39H46N4O10S/c1-26(2)20-43(54(46,47)30-12-13-34-35(19-30)52-25-51-34)22-33(44)32(41-39(45)53-36-23-50-38-31(36)14-17-48-38)18-27-8-10-29(11-9-27)49-24-37-40-15-16-42(37)21-28-6-4-3-5-7-28/h3-13,15-16,19,26,31-33,36,38,44H,14,17-18,20-25H2,1-2H3,(H,41,45)/t31-,32-,33+,36-,38+/m0/s1. The van der Waals surface area contributed by atoms with Crippen molar-refractivity contribution in [3.8, 4) is 17.2 Å². The molecule has 3 aromatic carbocycles. The minimum atomic E-state index is -4.09. The highest BCUT2D eigenvalue weighted by atomic mass is 32.2. The number of rotatable bonds is 16. The van der Waals surface area contributed by atoms with Crippen LogP contribution in [0.15, 0.2) is 90.1 Å². The summed E-state index contributed by atoms with van der Waals surface area (Å²) in [7, 11) is -4.09. The maximum atomic E-state index is 14.0. The lowest BCUT2D eigenvalue weighted by Crippen LogP contribution is -2.51. The van der Waals surface area contributed by atoms with E-state index in [1.54, 1.807) is 12.3 Å². The first-order valence-electron chi connectivity index (χ1n) is 18.2. The zero-order valence-corrected chi connectivity index (χ0v) is 31.1. The topological polar surface area (TPSA) is 160 Å².